The number of anilines is 1. The second-order valence-electron chi connectivity index (χ2n) is 7.49. The zero-order chi connectivity index (χ0) is 19.5. The molecule has 1 aromatic carbocycles. The van der Waals surface area contributed by atoms with E-state index in [1.807, 2.05) is 18.2 Å². The minimum atomic E-state index is -0.248. The van der Waals surface area contributed by atoms with E-state index in [9.17, 15) is 10.1 Å². The first-order chi connectivity index (χ1) is 13.7. The zero-order valence-corrected chi connectivity index (χ0v) is 16.1. The van der Waals surface area contributed by atoms with Crippen LogP contribution in [0.2, 0.25) is 0 Å². The largest absolute Gasteiger partial charge is 0.495 e. The fourth-order valence-corrected chi connectivity index (χ4v) is 4.16. The van der Waals surface area contributed by atoms with Crippen molar-refractivity contribution >= 4 is 22.5 Å². The number of rotatable bonds is 5. The number of hydrogen-bond donors (Lipinski definition) is 1. The van der Waals surface area contributed by atoms with Crippen molar-refractivity contribution in [2.24, 2.45) is 0 Å². The predicted molar refractivity (Wildman–Crippen MR) is 107 cm³/mol. The molecule has 2 fully saturated rings. The van der Waals surface area contributed by atoms with Crippen molar-refractivity contribution < 1.29 is 9.53 Å². The standard InChI is InChI=1S/C21H25N5O2/c1-28-17-10-18-19(23-12-17)5-2-6-20(18)24-15-7-9-25(13-15)14-21(27)26-8-3-4-16(26)11-22/h2,5-6,10,12,15-16,24H,3-4,7-9,13-14H2,1H3/t15-,16+/m1/s1. The average molecular weight is 379 g/mol. The van der Waals surface area contributed by atoms with Crippen LogP contribution < -0.4 is 10.1 Å². The van der Waals surface area contributed by atoms with Crippen LogP contribution in [-0.2, 0) is 4.79 Å². The number of hydrogen-bond acceptors (Lipinski definition) is 6. The molecule has 0 saturated carbocycles. The number of nitrogens with zero attached hydrogens (tertiary/aromatic N) is 4. The predicted octanol–water partition coefficient (Wildman–Crippen LogP) is 2.24. The molecule has 2 aliphatic heterocycles. The van der Waals surface area contributed by atoms with E-state index in [-0.39, 0.29) is 18.0 Å². The van der Waals surface area contributed by atoms with Gasteiger partial charge in [0.15, 0.2) is 0 Å². The van der Waals surface area contributed by atoms with Gasteiger partial charge < -0.3 is 15.0 Å². The Morgan fingerprint density at radius 1 is 1.39 bits per heavy atom. The summed E-state index contributed by atoms with van der Waals surface area (Å²) in [6.07, 6.45) is 4.42. The Labute approximate surface area is 164 Å². The lowest BCUT2D eigenvalue weighted by molar-refractivity contribution is -0.132. The van der Waals surface area contributed by atoms with Gasteiger partial charge in [-0.3, -0.25) is 14.7 Å². The molecule has 3 heterocycles. The molecule has 1 aromatic heterocycles. The minimum Gasteiger partial charge on any atom is -0.495 e. The maximum Gasteiger partial charge on any atom is 0.237 e. The van der Waals surface area contributed by atoms with Gasteiger partial charge in [0.25, 0.3) is 0 Å². The average Bonchev–Trinajstić information content (AvgIpc) is 3.37. The van der Waals surface area contributed by atoms with Crippen LogP contribution in [0, 0.1) is 11.3 Å². The van der Waals surface area contributed by atoms with Crippen LogP contribution >= 0.6 is 0 Å². The number of likely N-dealkylation sites (tertiary alicyclic amines) is 2. The fraction of sp³-hybridized carbons (Fsp3) is 0.476. The van der Waals surface area contributed by atoms with Gasteiger partial charge in [-0.1, -0.05) is 6.07 Å². The van der Waals surface area contributed by atoms with Crippen molar-refractivity contribution in [3.8, 4) is 11.8 Å². The summed E-state index contributed by atoms with van der Waals surface area (Å²) in [5, 5.41) is 13.8. The normalized spacial score (nSPS) is 22.4. The molecule has 2 saturated heterocycles. The molecule has 28 heavy (non-hydrogen) atoms. The van der Waals surface area contributed by atoms with Gasteiger partial charge in [0.1, 0.15) is 11.8 Å². The summed E-state index contributed by atoms with van der Waals surface area (Å²) in [4.78, 5) is 20.9. The van der Waals surface area contributed by atoms with Crippen LogP contribution in [0.15, 0.2) is 30.5 Å². The highest BCUT2D eigenvalue weighted by atomic mass is 16.5. The van der Waals surface area contributed by atoms with E-state index < -0.39 is 0 Å². The van der Waals surface area contributed by atoms with E-state index in [1.165, 1.54) is 0 Å². The van der Waals surface area contributed by atoms with Gasteiger partial charge in [0.05, 0.1) is 31.4 Å². The highest BCUT2D eigenvalue weighted by Crippen LogP contribution is 2.27. The van der Waals surface area contributed by atoms with Crippen molar-refractivity contribution in [1.29, 1.82) is 5.26 Å². The minimum absolute atomic E-state index is 0.0730. The number of amides is 1. The Balaban J connectivity index is 1.39. The van der Waals surface area contributed by atoms with E-state index in [2.05, 4.69) is 27.3 Å². The molecule has 2 atom stereocenters. The Bertz CT molecular complexity index is 909. The number of nitriles is 1. The third kappa shape index (κ3) is 3.73. The summed E-state index contributed by atoms with van der Waals surface area (Å²) in [5.41, 5.74) is 1.96. The molecule has 0 spiro atoms. The second kappa shape index (κ2) is 8.03. The number of aromatic nitrogens is 1. The summed E-state index contributed by atoms with van der Waals surface area (Å²) in [7, 11) is 1.64. The number of benzene rings is 1. The molecule has 2 aliphatic rings. The molecule has 2 aromatic rings. The third-order valence-corrected chi connectivity index (χ3v) is 5.65. The molecule has 7 nitrogen and oxygen atoms in total. The van der Waals surface area contributed by atoms with Crippen molar-refractivity contribution in [3.05, 3.63) is 30.5 Å². The Kier molecular flexibility index (Phi) is 5.31. The maximum absolute atomic E-state index is 12.6. The van der Waals surface area contributed by atoms with E-state index in [1.54, 1.807) is 18.2 Å². The first-order valence-corrected chi connectivity index (χ1v) is 9.78. The van der Waals surface area contributed by atoms with E-state index >= 15 is 0 Å². The number of fused-ring (bicyclic) bond motifs is 1. The van der Waals surface area contributed by atoms with Gasteiger partial charge in [0.2, 0.25) is 5.91 Å². The van der Waals surface area contributed by atoms with Crippen molar-refractivity contribution in [3.63, 3.8) is 0 Å². The molecular formula is C21H25N5O2. The number of nitrogens with one attached hydrogen (secondary N) is 1. The molecule has 0 aliphatic carbocycles. The lowest BCUT2D eigenvalue weighted by Gasteiger charge is -2.23. The first kappa shape index (κ1) is 18.5. The fourth-order valence-electron chi connectivity index (χ4n) is 4.16. The van der Waals surface area contributed by atoms with Crippen molar-refractivity contribution in [1.82, 2.24) is 14.8 Å². The highest BCUT2D eigenvalue weighted by molar-refractivity contribution is 5.92. The zero-order valence-electron chi connectivity index (χ0n) is 16.1. The number of methoxy groups -OCH3 is 1. The lowest BCUT2D eigenvalue weighted by atomic mass is 10.1. The van der Waals surface area contributed by atoms with Crippen LogP contribution in [0.4, 0.5) is 5.69 Å². The molecule has 7 heteroatoms. The number of ether oxygens (including phenoxy) is 1. The smallest absolute Gasteiger partial charge is 0.237 e. The van der Waals surface area contributed by atoms with E-state index in [0.29, 0.717) is 13.1 Å². The Hall–Kier alpha value is -2.85. The highest BCUT2D eigenvalue weighted by Gasteiger charge is 2.31. The van der Waals surface area contributed by atoms with Gasteiger partial charge in [-0.2, -0.15) is 5.26 Å². The number of pyridine rings is 1. The van der Waals surface area contributed by atoms with E-state index in [4.69, 9.17) is 4.74 Å². The second-order valence-corrected chi connectivity index (χ2v) is 7.49. The van der Waals surface area contributed by atoms with E-state index in [0.717, 1.165) is 54.7 Å². The van der Waals surface area contributed by atoms with Gasteiger partial charge in [-0.25, -0.2) is 0 Å². The summed E-state index contributed by atoms with van der Waals surface area (Å²) in [6.45, 7) is 2.78. The molecule has 1 amide bonds. The summed E-state index contributed by atoms with van der Waals surface area (Å²) in [6, 6.07) is 10.3. The van der Waals surface area contributed by atoms with Crippen LogP contribution in [0.3, 0.4) is 0 Å². The summed E-state index contributed by atoms with van der Waals surface area (Å²) < 4.78 is 5.31. The monoisotopic (exact) mass is 379 g/mol. The molecule has 1 N–H and O–H groups in total. The molecule has 146 valence electrons. The number of carbonyl (C=O) groups excluding carboxylic acids is 1. The third-order valence-electron chi connectivity index (χ3n) is 5.65. The molecular weight excluding hydrogens is 354 g/mol. The van der Waals surface area contributed by atoms with Crippen molar-refractivity contribution in [2.75, 3.05) is 38.6 Å². The first-order valence-electron chi connectivity index (χ1n) is 9.78. The SMILES string of the molecule is COc1cnc2cccc(N[C@@H]3CCN(CC(=O)N4CCC[C@H]4C#N)C3)c2c1. The molecule has 0 radical (unpaired) electrons. The summed E-state index contributed by atoms with van der Waals surface area (Å²) >= 11 is 0. The quantitative estimate of drug-likeness (QED) is 0.858. The molecule has 0 bridgehead atoms. The lowest BCUT2D eigenvalue weighted by Crippen LogP contribution is -2.42. The van der Waals surface area contributed by atoms with Gasteiger partial charge in [-0.15, -0.1) is 0 Å². The van der Waals surface area contributed by atoms with Crippen LogP contribution in [-0.4, -0.2) is 66.1 Å². The maximum atomic E-state index is 12.6. The molecule has 4 rings (SSSR count). The van der Waals surface area contributed by atoms with Crippen LogP contribution in [0.5, 0.6) is 5.75 Å². The van der Waals surface area contributed by atoms with Crippen LogP contribution in [0.1, 0.15) is 19.3 Å². The van der Waals surface area contributed by atoms with Gasteiger partial charge in [-0.05, 0) is 37.5 Å². The topological polar surface area (TPSA) is 81.5 Å². The van der Waals surface area contributed by atoms with Gasteiger partial charge >= 0.3 is 0 Å². The Morgan fingerprint density at radius 2 is 2.29 bits per heavy atom. The summed E-state index contributed by atoms with van der Waals surface area (Å²) in [5.74, 6) is 0.807. The van der Waals surface area contributed by atoms with Gasteiger partial charge in [0, 0.05) is 36.7 Å². The number of carbonyl (C=O) groups is 1. The Morgan fingerprint density at radius 3 is 3.11 bits per heavy atom. The van der Waals surface area contributed by atoms with Crippen molar-refractivity contribution in [2.45, 2.75) is 31.3 Å². The molecule has 0 unspecified atom stereocenters. The van der Waals surface area contributed by atoms with Crippen LogP contribution in [0.25, 0.3) is 10.9 Å².